The van der Waals surface area contributed by atoms with Gasteiger partial charge in [0.05, 0.1) is 20.6 Å². The van der Waals surface area contributed by atoms with E-state index in [1.165, 1.54) is 38.0 Å². The molecule has 49 heavy (non-hydrogen) atoms. The summed E-state index contributed by atoms with van der Waals surface area (Å²) in [6.07, 6.45) is 3.46. The fourth-order valence-electron chi connectivity index (χ4n) is 5.68. The molecule has 0 amide bonds. The molecule has 260 valence electrons. The van der Waals surface area contributed by atoms with Crippen LogP contribution in [0.15, 0.2) is 73.1 Å². The molecule has 1 aliphatic heterocycles. The van der Waals surface area contributed by atoms with Crippen LogP contribution in [0.1, 0.15) is 62.6 Å². The van der Waals surface area contributed by atoms with Crippen LogP contribution in [0.3, 0.4) is 0 Å². The standard InChI is InChI=1S/C36H39Cl2N3O7S/c1-40-15-13-25(14-16-40)47-35(42)19-30(23-7-5-4-6-8-23)39-20-26-10-12-34(49-26)36(43)48-32(18-27-28(37)21-41(44)22-29(27)38)24-9-11-31(45-2)33(17-24)46-3/h4-12,17,21-22,25,30,32,39H,13-16,18-20H2,1-3H3/t30-,32?/m0/s1. The highest BCUT2D eigenvalue weighted by molar-refractivity contribution is 7.13. The summed E-state index contributed by atoms with van der Waals surface area (Å²) in [5.74, 6) is 0.186. The number of benzene rings is 2. The minimum atomic E-state index is -0.827. The average Bonchev–Trinajstić information content (AvgIpc) is 3.58. The lowest BCUT2D eigenvalue weighted by Gasteiger charge is -2.29. The Labute approximate surface area is 300 Å². The van der Waals surface area contributed by atoms with Crippen LogP contribution in [0.5, 0.6) is 11.5 Å². The van der Waals surface area contributed by atoms with E-state index in [0.29, 0.717) is 38.8 Å². The molecule has 4 aromatic rings. The molecule has 0 aliphatic carbocycles. The molecule has 1 saturated heterocycles. The molecule has 1 aliphatic rings. The molecule has 0 spiro atoms. The van der Waals surface area contributed by atoms with E-state index in [2.05, 4.69) is 17.3 Å². The maximum atomic E-state index is 13.6. The number of likely N-dealkylation sites (tertiary alicyclic amines) is 1. The topological polar surface area (TPSA) is 113 Å². The van der Waals surface area contributed by atoms with Crippen molar-refractivity contribution in [1.29, 1.82) is 0 Å². The van der Waals surface area contributed by atoms with Gasteiger partial charge >= 0.3 is 11.9 Å². The van der Waals surface area contributed by atoms with Gasteiger partial charge in [0.25, 0.3) is 0 Å². The van der Waals surface area contributed by atoms with E-state index < -0.39 is 12.1 Å². The molecule has 10 nitrogen and oxygen atoms in total. The number of piperidine rings is 1. The van der Waals surface area contributed by atoms with Gasteiger partial charge in [-0.2, -0.15) is 4.73 Å². The largest absolute Gasteiger partial charge is 0.619 e. The van der Waals surface area contributed by atoms with Gasteiger partial charge in [-0.15, -0.1) is 11.3 Å². The first-order chi connectivity index (χ1) is 23.6. The second-order valence-electron chi connectivity index (χ2n) is 11.8. The fraction of sp³-hybridized carbons (Fsp3) is 0.361. The predicted octanol–water partition coefficient (Wildman–Crippen LogP) is 6.70. The Hall–Kier alpha value is -3.87. The van der Waals surface area contributed by atoms with Gasteiger partial charge in [0, 0.05) is 42.5 Å². The van der Waals surface area contributed by atoms with Crippen molar-refractivity contribution in [3.05, 3.63) is 115 Å². The van der Waals surface area contributed by atoms with Crippen LogP contribution in [0.4, 0.5) is 0 Å². The van der Waals surface area contributed by atoms with Crippen LogP contribution in [-0.4, -0.2) is 57.3 Å². The minimum absolute atomic E-state index is 0.0641. The van der Waals surface area contributed by atoms with Crippen molar-refractivity contribution in [3.8, 4) is 11.5 Å². The van der Waals surface area contributed by atoms with E-state index in [9.17, 15) is 14.8 Å². The van der Waals surface area contributed by atoms with Gasteiger partial charge in [-0.05, 0) is 55.3 Å². The van der Waals surface area contributed by atoms with Crippen molar-refractivity contribution in [3.63, 3.8) is 0 Å². The van der Waals surface area contributed by atoms with Crippen molar-refractivity contribution >= 4 is 46.5 Å². The molecule has 2 atom stereocenters. The van der Waals surface area contributed by atoms with Crippen molar-refractivity contribution in [1.82, 2.24) is 10.2 Å². The van der Waals surface area contributed by atoms with Crippen molar-refractivity contribution in [2.75, 3.05) is 34.4 Å². The van der Waals surface area contributed by atoms with Crippen LogP contribution in [0.2, 0.25) is 10.0 Å². The first-order valence-corrected chi connectivity index (χ1v) is 17.4. The number of hydrogen-bond donors (Lipinski definition) is 1. The Morgan fingerprint density at radius 2 is 1.67 bits per heavy atom. The summed E-state index contributed by atoms with van der Waals surface area (Å²) < 4.78 is 23.3. The molecule has 1 N–H and O–H groups in total. The number of nitrogens with zero attached hydrogens (tertiary/aromatic N) is 2. The first kappa shape index (κ1) is 36.4. The number of methoxy groups -OCH3 is 2. The monoisotopic (exact) mass is 727 g/mol. The van der Waals surface area contributed by atoms with Gasteiger partial charge in [-0.25, -0.2) is 4.79 Å². The van der Waals surface area contributed by atoms with E-state index in [1.54, 1.807) is 24.3 Å². The van der Waals surface area contributed by atoms with Crippen molar-refractivity contribution in [2.45, 2.75) is 50.5 Å². The number of carbonyl (C=O) groups is 2. The Morgan fingerprint density at radius 3 is 2.35 bits per heavy atom. The molecular weight excluding hydrogens is 689 g/mol. The van der Waals surface area contributed by atoms with Crippen molar-refractivity contribution in [2.24, 2.45) is 0 Å². The second kappa shape index (κ2) is 17.2. The third-order valence-electron chi connectivity index (χ3n) is 8.40. The summed E-state index contributed by atoms with van der Waals surface area (Å²) in [6, 6.07) is 18.3. The van der Waals surface area contributed by atoms with Gasteiger partial charge in [0.15, 0.2) is 23.9 Å². The number of esters is 2. The van der Waals surface area contributed by atoms with E-state index in [4.69, 9.17) is 42.1 Å². The number of aromatic nitrogens is 1. The van der Waals surface area contributed by atoms with Gasteiger partial charge < -0.3 is 34.4 Å². The number of rotatable bonds is 14. The normalized spacial score (nSPS) is 15.0. The third-order valence-corrected chi connectivity index (χ3v) is 10.1. The Morgan fingerprint density at radius 1 is 0.980 bits per heavy atom. The third kappa shape index (κ3) is 9.86. The molecule has 0 bridgehead atoms. The Kier molecular flexibility index (Phi) is 12.8. The molecule has 2 aromatic carbocycles. The zero-order chi connectivity index (χ0) is 34.9. The highest BCUT2D eigenvalue weighted by atomic mass is 35.5. The van der Waals surface area contributed by atoms with E-state index in [-0.39, 0.29) is 41.0 Å². The first-order valence-electron chi connectivity index (χ1n) is 15.9. The molecular formula is C36H39Cl2N3O7S. The molecule has 2 aromatic heterocycles. The van der Waals surface area contributed by atoms with Crippen LogP contribution >= 0.6 is 34.5 Å². The van der Waals surface area contributed by atoms with E-state index >= 15 is 0 Å². The van der Waals surface area contributed by atoms with Gasteiger partial charge in [0.2, 0.25) is 0 Å². The highest BCUT2D eigenvalue weighted by Crippen LogP contribution is 2.36. The fourth-order valence-corrected chi connectivity index (χ4v) is 7.12. The smallest absolute Gasteiger partial charge is 0.348 e. The number of hydrogen-bond acceptors (Lipinski definition) is 10. The number of pyridine rings is 1. The van der Waals surface area contributed by atoms with Crippen molar-refractivity contribution < 1.29 is 33.3 Å². The number of carbonyl (C=O) groups excluding carboxylic acids is 2. The molecule has 0 radical (unpaired) electrons. The molecule has 3 heterocycles. The summed E-state index contributed by atoms with van der Waals surface area (Å²) in [5.41, 5.74) is 2.05. The Balaban J connectivity index is 1.29. The van der Waals surface area contributed by atoms with E-state index in [0.717, 1.165) is 36.4 Å². The maximum absolute atomic E-state index is 13.6. The maximum Gasteiger partial charge on any atom is 0.348 e. The Bertz CT molecular complexity index is 1710. The van der Waals surface area contributed by atoms with Crippen LogP contribution in [0.25, 0.3) is 0 Å². The molecule has 13 heteroatoms. The number of nitrogens with one attached hydrogen (secondary N) is 1. The van der Waals surface area contributed by atoms with Gasteiger partial charge in [0.1, 0.15) is 27.1 Å². The van der Waals surface area contributed by atoms with E-state index in [1.807, 2.05) is 36.4 Å². The minimum Gasteiger partial charge on any atom is -0.619 e. The molecule has 1 unspecified atom stereocenters. The predicted molar refractivity (Wildman–Crippen MR) is 188 cm³/mol. The lowest BCUT2D eigenvalue weighted by Crippen LogP contribution is -2.36. The second-order valence-corrected chi connectivity index (χ2v) is 13.8. The summed E-state index contributed by atoms with van der Waals surface area (Å²) in [5, 5.41) is 15.6. The van der Waals surface area contributed by atoms with Gasteiger partial charge in [-0.1, -0.05) is 59.6 Å². The average molecular weight is 729 g/mol. The number of thiophene rings is 1. The molecule has 0 saturated carbocycles. The van der Waals surface area contributed by atoms with Crippen LogP contribution in [-0.2, 0) is 27.2 Å². The van der Waals surface area contributed by atoms with Crippen LogP contribution < -0.4 is 19.5 Å². The summed E-state index contributed by atoms with van der Waals surface area (Å²) in [6.45, 7) is 2.24. The lowest BCUT2D eigenvalue weighted by atomic mass is 10.0. The van der Waals surface area contributed by atoms with Crippen LogP contribution in [0, 0.1) is 5.21 Å². The zero-order valence-electron chi connectivity index (χ0n) is 27.5. The zero-order valence-corrected chi connectivity index (χ0v) is 29.9. The summed E-state index contributed by atoms with van der Waals surface area (Å²) in [4.78, 5) is 30.1. The summed E-state index contributed by atoms with van der Waals surface area (Å²) >= 11 is 14.1. The summed E-state index contributed by atoms with van der Waals surface area (Å²) in [7, 11) is 5.12. The van der Waals surface area contributed by atoms with Gasteiger partial charge in [-0.3, -0.25) is 4.79 Å². The number of halogens is 2. The molecule has 1 fully saturated rings. The number of ether oxygens (including phenoxy) is 4. The quantitative estimate of drug-likeness (QED) is 0.0861. The SMILES string of the molecule is COc1ccc(C(Cc2c(Cl)c[n+]([O-])cc2Cl)OC(=O)c2ccc(CN[C@@H](CC(=O)OC3CCN(C)CC3)c3ccccc3)s2)cc1OC. The lowest BCUT2D eigenvalue weighted by molar-refractivity contribution is -0.605. The highest BCUT2D eigenvalue weighted by Gasteiger charge is 2.26. The molecule has 5 rings (SSSR count).